The second-order valence-corrected chi connectivity index (χ2v) is 9.02. The Morgan fingerprint density at radius 3 is 2.27 bits per heavy atom. The average Bonchev–Trinajstić information content (AvgIpc) is 3.16. The minimum atomic E-state index is -0.940. The highest BCUT2D eigenvalue weighted by molar-refractivity contribution is 6.37. The van der Waals surface area contributed by atoms with Crippen LogP contribution in [0, 0.1) is 5.82 Å². The van der Waals surface area contributed by atoms with Crippen molar-refractivity contribution in [2.75, 3.05) is 43.2 Å². The van der Waals surface area contributed by atoms with Crippen molar-refractivity contribution in [3.05, 3.63) is 89.2 Å². The number of carbonyl (C=O) groups is 3. The van der Waals surface area contributed by atoms with Gasteiger partial charge in [-0.2, -0.15) is 0 Å². The van der Waals surface area contributed by atoms with E-state index in [2.05, 4.69) is 10.6 Å². The lowest BCUT2D eigenvalue weighted by Gasteiger charge is -2.20. The standard InChI is InChI=1S/C28H27FN4O4/c1-32(2)16-24(34)33(3)21-11-9-20(10-12-21)30-27(18-6-4-17(5-7-18)14-25(35)36)26-22-13-8-19(29)15-23(22)31-28(26)37/h4-13,15,30H,14,16H2,1-3H3,(H,31,37)(H,35,36). The van der Waals surface area contributed by atoms with Gasteiger partial charge in [-0.15, -0.1) is 0 Å². The Hall–Kier alpha value is -4.50. The van der Waals surface area contributed by atoms with Gasteiger partial charge < -0.3 is 25.5 Å². The van der Waals surface area contributed by atoms with Gasteiger partial charge in [-0.05, 0) is 67.7 Å². The maximum atomic E-state index is 13.8. The first-order chi connectivity index (χ1) is 17.6. The van der Waals surface area contributed by atoms with Crippen molar-refractivity contribution in [2.45, 2.75) is 6.42 Å². The fraction of sp³-hybridized carbons (Fsp3) is 0.179. The largest absolute Gasteiger partial charge is 0.481 e. The number of hydrogen-bond acceptors (Lipinski definition) is 5. The maximum Gasteiger partial charge on any atom is 0.307 e. The highest BCUT2D eigenvalue weighted by atomic mass is 19.1. The van der Waals surface area contributed by atoms with Gasteiger partial charge in [0.1, 0.15) is 5.82 Å². The van der Waals surface area contributed by atoms with Gasteiger partial charge in [0.2, 0.25) is 5.91 Å². The summed E-state index contributed by atoms with van der Waals surface area (Å²) < 4.78 is 13.8. The van der Waals surface area contributed by atoms with Crippen molar-refractivity contribution >= 4 is 46.1 Å². The fourth-order valence-electron chi connectivity index (χ4n) is 4.07. The van der Waals surface area contributed by atoms with E-state index < -0.39 is 11.8 Å². The lowest BCUT2D eigenvalue weighted by molar-refractivity contribution is -0.136. The Bertz CT molecular complexity index is 1380. The van der Waals surface area contributed by atoms with Crippen LogP contribution >= 0.6 is 0 Å². The van der Waals surface area contributed by atoms with Crippen LogP contribution in [0.15, 0.2) is 66.7 Å². The van der Waals surface area contributed by atoms with Gasteiger partial charge in [-0.1, -0.05) is 24.3 Å². The first-order valence-electron chi connectivity index (χ1n) is 11.6. The molecule has 3 aromatic rings. The Morgan fingerprint density at radius 1 is 0.973 bits per heavy atom. The summed E-state index contributed by atoms with van der Waals surface area (Å²) in [5.74, 6) is -1.84. The summed E-state index contributed by atoms with van der Waals surface area (Å²) in [6, 6.07) is 18.2. The summed E-state index contributed by atoms with van der Waals surface area (Å²) in [5.41, 5.74) is 4.39. The van der Waals surface area contributed by atoms with Gasteiger partial charge in [0.25, 0.3) is 5.91 Å². The van der Waals surface area contributed by atoms with E-state index in [4.69, 9.17) is 5.11 Å². The van der Waals surface area contributed by atoms with Crippen LogP contribution in [0.2, 0.25) is 0 Å². The summed E-state index contributed by atoms with van der Waals surface area (Å²) >= 11 is 0. The van der Waals surface area contributed by atoms with Crippen LogP contribution in [0.5, 0.6) is 0 Å². The molecule has 0 unspecified atom stereocenters. The molecule has 1 heterocycles. The molecule has 0 aromatic heterocycles. The number of nitrogens with one attached hydrogen (secondary N) is 2. The van der Waals surface area contributed by atoms with Crippen LogP contribution in [0.4, 0.5) is 21.5 Å². The first-order valence-corrected chi connectivity index (χ1v) is 11.6. The van der Waals surface area contributed by atoms with Crippen molar-refractivity contribution < 1.29 is 23.9 Å². The summed E-state index contributed by atoms with van der Waals surface area (Å²) in [6.07, 6.45) is -0.121. The van der Waals surface area contributed by atoms with Crippen molar-refractivity contribution in [1.29, 1.82) is 0 Å². The zero-order chi connectivity index (χ0) is 26.7. The number of amides is 2. The monoisotopic (exact) mass is 502 g/mol. The molecule has 0 aliphatic carbocycles. The number of nitrogens with zero attached hydrogens (tertiary/aromatic N) is 2. The predicted octanol–water partition coefficient (Wildman–Crippen LogP) is 3.91. The summed E-state index contributed by atoms with van der Waals surface area (Å²) in [6.45, 7) is 0.278. The number of carboxylic acids is 1. The Labute approximate surface area is 214 Å². The number of anilines is 3. The number of carboxylic acid groups (broad SMARTS) is 1. The molecule has 3 N–H and O–H groups in total. The number of fused-ring (bicyclic) bond motifs is 1. The van der Waals surface area contributed by atoms with E-state index in [1.54, 1.807) is 71.4 Å². The summed E-state index contributed by atoms with van der Waals surface area (Å²) in [5, 5.41) is 15.1. The lowest BCUT2D eigenvalue weighted by atomic mass is 9.98. The fourth-order valence-corrected chi connectivity index (χ4v) is 4.07. The molecular formula is C28H27FN4O4. The third kappa shape index (κ3) is 5.84. The van der Waals surface area contributed by atoms with Gasteiger partial charge in [-0.25, -0.2) is 4.39 Å². The number of carbonyl (C=O) groups excluding carboxylic acids is 2. The molecule has 37 heavy (non-hydrogen) atoms. The number of hydrogen-bond donors (Lipinski definition) is 3. The molecule has 8 nitrogen and oxygen atoms in total. The van der Waals surface area contributed by atoms with Crippen molar-refractivity contribution in [3.8, 4) is 0 Å². The van der Waals surface area contributed by atoms with Gasteiger partial charge in [0.05, 0.1) is 29.9 Å². The predicted molar refractivity (Wildman–Crippen MR) is 142 cm³/mol. The molecule has 3 aromatic carbocycles. The number of halogens is 1. The van der Waals surface area contributed by atoms with E-state index in [9.17, 15) is 18.8 Å². The molecule has 0 bridgehead atoms. The molecule has 1 aliphatic heterocycles. The zero-order valence-electron chi connectivity index (χ0n) is 20.7. The van der Waals surface area contributed by atoms with Crippen LogP contribution < -0.4 is 15.5 Å². The molecule has 4 rings (SSSR count). The maximum absolute atomic E-state index is 13.8. The molecule has 0 radical (unpaired) electrons. The van der Waals surface area contributed by atoms with E-state index in [0.29, 0.717) is 45.0 Å². The van der Waals surface area contributed by atoms with E-state index in [1.807, 2.05) is 14.1 Å². The summed E-state index contributed by atoms with van der Waals surface area (Å²) in [4.78, 5) is 39.9. The number of aliphatic carboxylic acids is 1. The smallest absolute Gasteiger partial charge is 0.307 e. The molecule has 1 aliphatic rings. The van der Waals surface area contributed by atoms with Crippen LogP contribution in [-0.4, -0.2) is 55.5 Å². The minimum absolute atomic E-state index is 0.0542. The highest BCUT2D eigenvalue weighted by Gasteiger charge is 2.29. The normalized spacial score (nSPS) is 13.7. The van der Waals surface area contributed by atoms with Crippen molar-refractivity contribution in [2.24, 2.45) is 0 Å². The SMILES string of the molecule is CN(C)CC(=O)N(C)c1ccc(NC(=C2C(=O)Nc3cc(F)ccc32)c2ccc(CC(=O)O)cc2)cc1. The topological polar surface area (TPSA) is 102 Å². The van der Waals surface area contributed by atoms with Gasteiger partial charge in [0, 0.05) is 24.0 Å². The molecule has 0 saturated carbocycles. The molecule has 0 saturated heterocycles. The minimum Gasteiger partial charge on any atom is -0.481 e. The van der Waals surface area contributed by atoms with Gasteiger partial charge >= 0.3 is 5.97 Å². The van der Waals surface area contributed by atoms with E-state index >= 15 is 0 Å². The lowest BCUT2D eigenvalue weighted by Crippen LogP contribution is -2.34. The number of benzene rings is 3. The zero-order valence-corrected chi connectivity index (χ0v) is 20.7. The van der Waals surface area contributed by atoms with Gasteiger partial charge in [-0.3, -0.25) is 14.4 Å². The Morgan fingerprint density at radius 2 is 1.65 bits per heavy atom. The third-order valence-corrected chi connectivity index (χ3v) is 5.92. The first kappa shape index (κ1) is 25.6. The van der Waals surface area contributed by atoms with Crippen LogP contribution in [-0.2, 0) is 20.8 Å². The van der Waals surface area contributed by atoms with Gasteiger partial charge in [0.15, 0.2) is 0 Å². The molecule has 0 fully saturated rings. The molecular weight excluding hydrogens is 475 g/mol. The van der Waals surface area contributed by atoms with E-state index in [-0.39, 0.29) is 24.8 Å². The van der Waals surface area contributed by atoms with Crippen molar-refractivity contribution in [3.63, 3.8) is 0 Å². The number of rotatable bonds is 8. The van der Waals surface area contributed by atoms with Crippen LogP contribution in [0.25, 0.3) is 11.3 Å². The molecule has 9 heteroatoms. The van der Waals surface area contributed by atoms with Crippen LogP contribution in [0.3, 0.4) is 0 Å². The summed E-state index contributed by atoms with van der Waals surface area (Å²) in [7, 11) is 5.36. The molecule has 0 atom stereocenters. The Kier molecular flexibility index (Phi) is 7.35. The molecule has 0 spiro atoms. The quantitative estimate of drug-likeness (QED) is 0.404. The van der Waals surface area contributed by atoms with E-state index in [0.717, 1.165) is 0 Å². The average molecular weight is 503 g/mol. The molecule has 190 valence electrons. The second kappa shape index (κ2) is 10.6. The second-order valence-electron chi connectivity index (χ2n) is 9.02. The third-order valence-electron chi connectivity index (χ3n) is 5.92. The molecule has 2 amide bonds. The van der Waals surface area contributed by atoms with Crippen LogP contribution in [0.1, 0.15) is 16.7 Å². The van der Waals surface area contributed by atoms with E-state index in [1.165, 1.54) is 12.1 Å². The van der Waals surface area contributed by atoms with Crippen molar-refractivity contribution in [1.82, 2.24) is 4.90 Å². The Balaban J connectivity index is 1.72. The number of likely N-dealkylation sites (N-methyl/N-ethyl adjacent to an activating group) is 2. The highest BCUT2D eigenvalue weighted by Crippen LogP contribution is 2.38.